The minimum absolute atomic E-state index is 0.233. The van der Waals surface area contributed by atoms with Gasteiger partial charge in [0.1, 0.15) is 0 Å². The highest BCUT2D eigenvalue weighted by molar-refractivity contribution is 4.91. The Hall–Kier alpha value is -0.0800. The molecule has 1 N–H and O–H groups in total. The van der Waals surface area contributed by atoms with E-state index in [0.29, 0.717) is 6.04 Å². The quantitative estimate of drug-likeness (QED) is 0.720. The van der Waals surface area contributed by atoms with Crippen molar-refractivity contribution in [1.82, 2.24) is 5.32 Å². The van der Waals surface area contributed by atoms with E-state index in [1.165, 1.54) is 44.9 Å². The van der Waals surface area contributed by atoms with Crippen LogP contribution in [-0.2, 0) is 4.74 Å². The predicted octanol–water partition coefficient (Wildman–Crippen LogP) is 2.72. The fourth-order valence-electron chi connectivity index (χ4n) is 3.17. The van der Waals surface area contributed by atoms with Gasteiger partial charge in [-0.3, -0.25) is 0 Å². The van der Waals surface area contributed by atoms with Crippen molar-refractivity contribution < 1.29 is 4.74 Å². The molecule has 88 valence electrons. The molecule has 2 aliphatic rings. The van der Waals surface area contributed by atoms with E-state index in [-0.39, 0.29) is 5.60 Å². The summed E-state index contributed by atoms with van der Waals surface area (Å²) in [5.74, 6) is 0.905. The van der Waals surface area contributed by atoms with Crippen LogP contribution in [0.4, 0.5) is 0 Å². The Bertz CT molecular complexity index is 207. The van der Waals surface area contributed by atoms with Crippen LogP contribution >= 0.6 is 0 Å². The SMILES string of the molecule is CNC1CCOC2(CCCC(C)CC2)C1. The van der Waals surface area contributed by atoms with Gasteiger partial charge in [0, 0.05) is 12.6 Å². The van der Waals surface area contributed by atoms with E-state index in [9.17, 15) is 0 Å². The summed E-state index contributed by atoms with van der Waals surface area (Å²) in [4.78, 5) is 0. The van der Waals surface area contributed by atoms with Gasteiger partial charge >= 0.3 is 0 Å². The normalized spacial score (nSPS) is 42.8. The molecule has 1 saturated heterocycles. The molecule has 1 saturated carbocycles. The standard InChI is InChI=1S/C13H25NO/c1-11-4-3-7-13(8-5-11)10-12(14-2)6-9-15-13/h11-12,14H,3-10H2,1-2H3. The van der Waals surface area contributed by atoms with Gasteiger partial charge in [0.15, 0.2) is 0 Å². The third-order valence-electron chi connectivity index (χ3n) is 4.32. The van der Waals surface area contributed by atoms with Crippen molar-refractivity contribution >= 4 is 0 Å². The van der Waals surface area contributed by atoms with Crippen LogP contribution in [0.3, 0.4) is 0 Å². The zero-order valence-electron chi connectivity index (χ0n) is 10.2. The molecular formula is C13H25NO. The Balaban J connectivity index is 1.98. The van der Waals surface area contributed by atoms with Crippen molar-refractivity contribution in [2.24, 2.45) is 5.92 Å². The van der Waals surface area contributed by atoms with Gasteiger partial charge in [-0.2, -0.15) is 0 Å². The van der Waals surface area contributed by atoms with Gasteiger partial charge in [-0.1, -0.05) is 19.8 Å². The topological polar surface area (TPSA) is 21.3 Å². The lowest BCUT2D eigenvalue weighted by molar-refractivity contribution is -0.0969. The molecule has 1 spiro atoms. The Morgan fingerprint density at radius 1 is 1.20 bits per heavy atom. The second kappa shape index (κ2) is 4.84. The molecule has 2 fully saturated rings. The summed E-state index contributed by atoms with van der Waals surface area (Å²) >= 11 is 0. The summed E-state index contributed by atoms with van der Waals surface area (Å²) in [5, 5.41) is 3.43. The number of rotatable bonds is 1. The number of ether oxygens (including phenoxy) is 1. The summed E-state index contributed by atoms with van der Waals surface area (Å²) in [6.07, 6.45) is 9.11. The maximum Gasteiger partial charge on any atom is 0.0697 e. The van der Waals surface area contributed by atoms with Crippen molar-refractivity contribution in [1.29, 1.82) is 0 Å². The fourth-order valence-corrected chi connectivity index (χ4v) is 3.17. The lowest BCUT2D eigenvalue weighted by atomic mass is 9.84. The van der Waals surface area contributed by atoms with E-state index in [2.05, 4.69) is 19.3 Å². The summed E-state index contributed by atoms with van der Waals surface area (Å²) in [5.41, 5.74) is 0.233. The van der Waals surface area contributed by atoms with Gasteiger partial charge in [0.25, 0.3) is 0 Å². The summed E-state index contributed by atoms with van der Waals surface area (Å²) < 4.78 is 6.13. The van der Waals surface area contributed by atoms with Crippen LogP contribution in [0, 0.1) is 5.92 Å². The number of hydrogen-bond donors (Lipinski definition) is 1. The van der Waals surface area contributed by atoms with Gasteiger partial charge in [-0.15, -0.1) is 0 Å². The average Bonchev–Trinajstić information content (AvgIpc) is 2.42. The smallest absolute Gasteiger partial charge is 0.0697 e. The Kier molecular flexibility index (Phi) is 3.68. The molecule has 3 unspecified atom stereocenters. The van der Waals surface area contributed by atoms with Crippen LogP contribution in [0.25, 0.3) is 0 Å². The van der Waals surface area contributed by atoms with Crippen LogP contribution in [0.2, 0.25) is 0 Å². The first kappa shape index (κ1) is 11.4. The van der Waals surface area contributed by atoms with Gasteiger partial charge in [0.2, 0.25) is 0 Å². The molecule has 0 aromatic rings. The second-order valence-corrected chi connectivity index (χ2v) is 5.55. The Labute approximate surface area is 93.8 Å². The first-order valence-corrected chi connectivity index (χ1v) is 6.55. The molecule has 0 radical (unpaired) electrons. The van der Waals surface area contributed by atoms with Gasteiger partial charge in [-0.05, 0) is 45.1 Å². The highest BCUT2D eigenvalue weighted by atomic mass is 16.5. The number of hydrogen-bond acceptors (Lipinski definition) is 2. The maximum absolute atomic E-state index is 6.13. The molecule has 2 rings (SSSR count). The van der Waals surface area contributed by atoms with Crippen molar-refractivity contribution in [2.45, 2.75) is 63.5 Å². The molecule has 0 bridgehead atoms. The van der Waals surface area contributed by atoms with E-state index in [1.54, 1.807) is 0 Å². The maximum atomic E-state index is 6.13. The molecule has 0 amide bonds. The monoisotopic (exact) mass is 211 g/mol. The lowest BCUT2D eigenvalue weighted by Crippen LogP contribution is -2.45. The molecule has 0 aromatic carbocycles. The number of nitrogens with one attached hydrogen (secondary N) is 1. The zero-order chi connectivity index (χ0) is 10.7. The van der Waals surface area contributed by atoms with Gasteiger partial charge in [0.05, 0.1) is 5.60 Å². The Morgan fingerprint density at radius 3 is 2.87 bits per heavy atom. The minimum Gasteiger partial charge on any atom is -0.375 e. The fraction of sp³-hybridized carbons (Fsp3) is 1.00. The van der Waals surface area contributed by atoms with Crippen LogP contribution in [0.1, 0.15) is 51.9 Å². The van der Waals surface area contributed by atoms with E-state index in [4.69, 9.17) is 4.74 Å². The molecule has 2 heteroatoms. The van der Waals surface area contributed by atoms with Crippen molar-refractivity contribution in [3.05, 3.63) is 0 Å². The van der Waals surface area contributed by atoms with Gasteiger partial charge < -0.3 is 10.1 Å². The molecule has 0 aromatic heterocycles. The molecule has 15 heavy (non-hydrogen) atoms. The summed E-state index contributed by atoms with van der Waals surface area (Å²) in [6, 6.07) is 0.687. The average molecular weight is 211 g/mol. The molecule has 2 nitrogen and oxygen atoms in total. The molecular weight excluding hydrogens is 186 g/mol. The highest BCUT2D eigenvalue weighted by Crippen LogP contribution is 2.38. The zero-order valence-corrected chi connectivity index (χ0v) is 10.2. The molecule has 1 aliphatic carbocycles. The van der Waals surface area contributed by atoms with E-state index < -0.39 is 0 Å². The minimum atomic E-state index is 0.233. The van der Waals surface area contributed by atoms with E-state index in [0.717, 1.165) is 12.5 Å². The molecule has 1 aliphatic heterocycles. The van der Waals surface area contributed by atoms with E-state index in [1.807, 2.05) is 0 Å². The lowest BCUT2D eigenvalue weighted by Gasteiger charge is -2.40. The first-order valence-electron chi connectivity index (χ1n) is 6.55. The van der Waals surface area contributed by atoms with Gasteiger partial charge in [-0.25, -0.2) is 0 Å². The van der Waals surface area contributed by atoms with Crippen LogP contribution in [-0.4, -0.2) is 25.3 Å². The second-order valence-electron chi connectivity index (χ2n) is 5.55. The third-order valence-corrected chi connectivity index (χ3v) is 4.32. The van der Waals surface area contributed by atoms with Crippen molar-refractivity contribution in [2.75, 3.05) is 13.7 Å². The largest absolute Gasteiger partial charge is 0.375 e. The highest BCUT2D eigenvalue weighted by Gasteiger charge is 2.37. The summed E-state index contributed by atoms with van der Waals surface area (Å²) in [6.45, 7) is 3.34. The van der Waals surface area contributed by atoms with Crippen LogP contribution < -0.4 is 5.32 Å². The third kappa shape index (κ3) is 2.73. The van der Waals surface area contributed by atoms with Crippen molar-refractivity contribution in [3.63, 3.8) is 0 Å². The molecule has 3 atom stereocenters. The van der Waals surface area contributed by atoms with Crippen molar-refractivity contribution in [3.8, 4) is 0 Å². The Morgan fingerprint density at radius 2 is 2.07 bits per heavy atom. The predicted molar refractivity (Wildman–Crippen MR) is 63.0 cm³/mol. The van der Waals surface area contributed by atoms with Crippen LogP contribution in [0.15, 0.2) is 0 Å². The van der Waals surface area contributed by atoms with Crippen LogP contribution in [0.5, 0.6) is 0 Å². The summed E-state index contributed by atoms with van der Waals surface area (Å²) in [7, 11) is 2.09. The van der Waals surface area contributed by atoms with E-state index >= 15 is 0 Å². The molecule has 1 heterocycles. The first-order chi connectivity index (χ1) is 7.24.